The van der Waals surface area contributed by atoms with Gasteiger partial charge in [0.15, 0.2) is 0 Å². The standard InChI is InChI=1S/C19H14N2O5/c1-11-7-9-13(10-8-11)21-17(23)14(15(18(24)25)20-19(21)26)16(22)12-5-3-2-4-6-12/h2-10H,1H3,(H,20,26)(H,24,25). The van der Waals surface area contributed by atoms with Crippen LogP contribution in [0.1, 0.15) is 32.0 Å². The molecule has 0 saturated carbocycles. The maximum Gasteiger partial charge on any atom is 0.353 e. The van der Waals surface area contributed by atoms with Crippen LogP contribution in [0.15, 0.2) is 64.2 Å². The predicted molar refractivity (Wildman–Crippen MR) is 94.2 cm³/mol. The number of ketones is 1. The van der Waals surface area contributed by atoms with Gasteiger partial charge in [-0.25, -0.2) is 14.2 Å². The number of carbonyl (C=O) groups excluding carboxylic acids is 1. The van der Waals surface area contributed by atoms with Gasteiger partial charge in [-0.1, -0.05) is 48.0 Å². The first-order valence-corrected chi connectivity index (χ1v) is 7.69. The number of carboxylic acid groups (broad SMARTS) is 1. The number of rotatable bonds is 4. The lowest BCUT2D eigenvalue weighted by molar-refractivity contribution is 0.0685. The van der Waals surface area contributed by atoms with Crippen LogP contribution in [0, 0.1) is 6.92 Å². The molecule has 130 valence electrons. The van der Waals surface area contributed by atoms with Crippen LogP contribution in [-0.4, -0.2) is 26.4 Å². The number of H-pyrrole nitrogens is 1. The Balaban J connectivity index is 2.32. The lowest BCUT2D eigenvalue weighted by Crippen LogP contribution is -2.40. The Bertz CT molecular complexity index is 1110. The van der Waals surface area contributed by atoms with Gasteiger partial charge in [0, 0.05) is 5.56 Å². The summed E-state index contributed by atoms with van der Waals surface area (Å²) in [4.78, 5) is 51.5. The van der Waals surface area contributed by atoms with E-state index in [1.165, 1.54) is 12.1 Å². The summed E-state index contributed by atoms with van der Waals surface area (Å²) in [7, 11) is 0. The van der Waals surface area contributed by atoms with E-state index in [4.69, 9.17) is 0 Å². The molecule has 2 aromatic carbocycles. The van der Waals surface area contributed by atoms with E-state index >= 15 is 0 Å². The van der Waals surface area contributed by atoms with Crippen molar-refractivity contribution < 1.29 is 14.7 Å². The second-order valence-corrected chi connectivity index (χ2v) is 5.66. The monoisotopic (exact) mass is 350 g/mol. The fourth-order valence-electron chi connectivity index (χ4n) is 2.57. The molecule has 0 atom stereocenters. The molecule has 0 spiro atoms. The fraction of sp³-hybridized carbons (Fsp3) is 0.0526. The quantitative estimate of drug-likeness (QED) is 0.697. The van der Waals surface area contributed by atoms with Crippen molar-refractivity contribution in [2.75, 3.05) is 0 Å². The van der Waals surface area contributed by atoms with Crippen LogP contribution >= 0.6 is 0 Å². The van der Waals surface area contributed by atoms with E-state index in [0.29, 0.717) is 0 Å². The Labute approximate surface area is 147 Å². The van der Waals surface area contributed by atoms with Crippen molar-refractivity contribution in [2.45, 2.75) is 6.92 Å². The highest BCUT2D eigenvalue weighted by Gasteiger charge is 2.26. The zero-order chi connectivity index (χ0) is 18.8. The van der Waals surface area contributed by atoms with Crippen molar-refractivity contribution >= 4 is 11.8 Å². The zero-order valence-corrected chi connectivity index (χ0v) is 13.7. The second kappa shape index (κ2) is 6.64. The van der Waals surface area contributed by atoms with Crippen LogP contribution in [0.3, 0.4) is 0 Å². The molecule has 3 aromatic rings. The molecule has 0 radical (unpaired) electrons. The number of hydrogen-bond acceptors (Lipinski definition) is 4. The number of hydrogen-bond donors (Lipinski definition) is 2. The van der Waals surface area contributed by atoms with Gasteiger partial charge in [-0.15, -0.1) is 0 Å². The van der Waals surface area contributed by atoms with Gasteiger partial charge in [0.1, 0.15) is 11.3 Å². The number of benzene rings is 2. The van der Waals surface area contributed by atoms with Gasteiger partial charge in [-0.3, -0.25) is 9.59 Å². The number of aryl methyl sites for hydroxylation is 1. The van der Waals surface area contributed by atoms with E-state index in [2.05, 4.69) is 4.98 Å². The molecule has 1 aromatic heterocycles. The highest BCUT2D eigenvalue weighted by Crippen LogP contribution is 2.11. The normalized spacial score (nSPS) is 10.5. The third kappa shape index (κ3) is 2.98. The summed E-state index contributed by atoms with van der Waals surface area (Å²) in [5, 5.41) is 9.34. The Morgan fingerprint density at radius 1 is 0.962 bits per heavy atom. The number of carbonyl (C=O) groups is 2. The number of aromatic nitrogens is 2. The van der Waals surface area contributed by atoms with Crippen molar-refractivity contribution in [1.82, 2.24) is 9.55 Å². The van der Waals surface area contributed by atoms with Gasteiger partial charge in [0.25, 0.3) is 5.56 Å². The third-order valence-electron chi connectivity index (χ3n) is 3.87. The average molecular weight is 350 g/mol. The van der Waals surface area contributed by atoms with Gasteiger partial charge in [-0.2, -0.15) is 0 Å². The van der Waals surface area contributed by atoms with Gasteiger partial charge in [0.05, 0.1) is 5.69 Å². The predicted octanol–water partition coefficient (Wildman–Crippen LogP) is 1.76. The molecule has 0 aliphatic carbocycles. The van der Waals surface area contributed by atoms with Crippen LogP contribution in [0.4, 0.5) is 0 Å². The minimum atomic E-state index is -1.56. The van der Waals surface area contributed by atoms with Crippen molar-refractivity contribution in [3.8, 4) is 5.69 Å². The van der Waals surface area contributed by atoms with Crippen LogP contribution in [0.25, 0.3) is 5.69 Å². The lowest BCUT2D eigenvalue weighted by Gasteiger charge is -2.10. The minimum absolute atomic E-state index is 0.148. The highest BCUT2D eigenvalue weighted by atomic mass is 16.4. The Hall–Kier alpha value is -3.74. The van der Waals surface area contributed by atoms with Gasteiger partial charge in [0.2, 0.25) is 5.78 Å². The largest absolute Gasteiger partial charge is 0.477 e. The smallest absolute Gasteiger partial charge is 0.353 e. The molecular weight excluding hydrogens is 336 g/mol. The van der Waals surface area contributed by atoms with Crippen LogP contribution in [0.2, 0.25) is 0 Å². The Morgan fingerprint density at radius 3 is 2.15 bits per heavy atom. The molecular formula is C19H14N2O5. The summed E-state index contributed by atoms with van der Waals surface area (Å²) in [5.74, 6) is -2.33. The van der Waals surface area contributed by atoms with Crippen molar-refractivity contribution in [1.29, 1.82) is 0 Å². The summed E-state index contributed by atoms with van der Waals surface area (Å²) in [6, 6.07) is 14.3. The maximum atomic E-state index is 12.9. The molecule has 3 rings (SSSR count). The van der Waals surface area contributed by atoms with E-state index in [-0.39, 0.29) is 11.3 Å². The first-order chi connectivity index (χ1) is 12.4. The lowest BCUT2D eigenvalue weighted by atomic mass is 10.0. The van der Waals surface area contributed by atoms with Crippen molar-refractivity contribution in [3.63, 3.8) is 0 Å². The molecule has 0 unspecified atom stereocenters. The zero-order valence-electron chi connectivity index (χ0n) is 13.7. The van der Waals surface area contributed by atoms with E-state index < -0.39 is 34.3 Å². The number of nitrogens with one attached hydrogen (secondary N) is 1. The Morgan fingerprint density at radius 2 is 1.58 bits per heavy atom. The van der Waals surface area contributed by atoms with E-state index in [0.717, 1.165) is 10.1 Å². The number of aromatic carboxylic acids is 1. The highest BCUT2D eigenvalue weighted by molar-refractivity contribution is 6.13. The fourth-order valence-corrected chi connectivity index (χ4v) is 2.57. The van der Waals surface area contributed by atoms with Crippen LogP contribution in [-0.2, 0) is 0 Å². The van der Waals surface area contributed by atoms with E-state index in [9.17, 15) is 24.3 Å². The van der Waals surface area contributed by atoms with Gasteiger partial charge in [-0.05, 0) is 19.1 Å². The van der Waals surface area contributed by atoms with E-state index in [1.807, 2.05) is 6.92 Å². The maximum absolute atomic E-state index is 12.9. The number of nitrogens with zero attached hydrogens (tertiary/aromatic N) is 1. The third-order valence-corrected chi connectivity index (χ3v) is 3.87. The molecule has 0 aliphatic rings. The molecule has 0 aliphatic heterocycles. The summed E-state index contributed by atoms with van der Waals surface area (Å²) in [5.41, 5.74) is -1.93. The molecule has 1 heterocycles. The number of carboxylic acids is 1. The summed E-state index contributed by atoms with van der Waals surface area (Å²) >= 11 is 0. The Kier molecular flexibility index (Phi) is 4.36. The molecule has 0 fully saturated rings. The van der Waals surface area contributed by atoms with Gasteiger partial charge < -0.3 is 10.1 Å². The molecule has 0 bridgehead atoms. The minimum Gasteiger partial charge on any atom is -0.477 e. The van der Waals surface area contributed by atoms with Gasteiger partial charge >= 0.3 is 11.7 Å². The van der Waals surface area contributed by atoms with E-state index in [1.54, 1.807) is 42.5 Å². The SMILES string of the molecule is Cc1ccc(-n2c(=O)[nH]c(C(=O)O)c(C(=O)c3ccccc3)c2=O)cc1. The molecule has 7 nitrogen and oxygen atoms in total. The second-order valence-electron chi connectivity index (χ2n) is 5.66. The van der Waals surface area contributed by atoms with Crippen molar-refractivity contribution in [3.05, 3.63) is 97.8 Å². The first-order valence-electron chi connectivity index (χ1n) is 7.69. The molecule has 0 saturated heterocycles. The van der Waals surface area contributed by atoms with Crippen LogP contribution < -0.4 is 11.2 Å². The molecule has 7 heteroatoms. The first kappa shape index (κ1) is 17.1. The van der Waals surface area contributed by atoms with Crippen molar-refractivity contribution in [2.24, 2.45) is 0 Å². The van der Waals surface area contributed by atoms with Crippen LogP contribution in [0.5, 0.6) is 0 Å². The average Bonchev–Trinajstić information content (AvgIpc) is 2.63. The molecule has 26 heavy (non-hydrogen) atoms. The summed E-state index contributed by atoms with van der Waals surface area (Å²) in [6.45, 7) is 1.84. The summed E-state index contributed by atoms with van der Waals surface area (Å²) in [6.07, 6.45) is 0. The summed E-state index contributed by atoms with van der Waals surface area (Å²) < 4.78 is 0.752. The topological polar surface area (TPSA) is 109 Å². The number of aromatic amines is 1. The molecule has 0 amide bonds. The molecule has 2 N–H and O–H groups in total.